The second-order valence-corrected chi connectivity index (χ2v) is 8.37. The standard InChI is InChI=1S/C20H30N4O5/c1-3-9-23-15(21)14(17(26)24(10-4-2)19(23)29)22-16(25)13-6-8-20(18(27)28)7-5-12(13)11-20/h12-13H,3-11,21H2,1-2H3,(H,22,25)(H,27,28). The van der Waals surface area contributed by atoms with Gasteiger partial charge >= 0.3 is 11.7 Å². The fourth-order valence-corrected chi connectivity index (χ4v) is 4.96. The Morgan fingerprint density at radius 2 is 1.76 bits per heavy atom. The zero-order valence-corrected chi connectivity index (χ0v) is 17.1. The molecule has 3 rings (SSSR count). The summed E-state index contributed by atoms with van der Waals surface area (Å²) in [4.78, 5) is 50.1. The number of nitrogen functional groups attached to an aromatic ring is 1. The van der Waals surface area contributed by atoms with Crippen LogP contribution in [0.2, 0.25) is 0 Å². The lowest BCUT2D eigenvalue weighted by Gasteiger charge is -2.33. The van der Waals surface area contributed by atoms with Crippen LogP contribution in [-0.4, -0.2) is 26.1 Å². The first-order valence-corrected chi connectivity index (χ1v) is 10.4. The van der Waals surface area contributed by atoms with Crippen LogP contribution in [0.5, 0.6) is 0 Å². The number of carbonyl (C=O) groups is 2. The van der Waals surface area contributed by atoms with Crippen LogP contribution in [0.1, 0.15) is 58.8 Å². The quantitative estimate of drug-likeness (QED) is 0.629. The number of hydrogen-bond acceptors (Lipinski definition) is 5. The maximum atomic E-state index is 13.0. The maximum absolute atomic E-state index is 13.0. The van der Waals surface area contributed by atoms with E-state index in [4.69, 9.17) is 5.73 Å². The number of carboxylic acids is 1. The highest BCUT2D eigenvalue weighted by molar-refractivity contribution is 5.95. The molecule has 0 saturated heterocycles. The Kier molecular flexibility index (Phi) is 5.86. The Balaban J connectivity index is 1.90. The molecule has 3 unspecified atom stereocenters. The number of aromatic nitrogens is 2. The predicted molar refractivity (Wildman–Crippen MR) is 109 cm³/mol. The normalized spacial score (nSPS) is 25.7. The molecule has 0 aliphatic heterocycles. The minimum atomic E-state index is -0.780. The topological polar surface area (TPSA) is 136 Å². The van der Waals surface area contributed by atoms with E-state index in [0.717, 1.165) is 4.57 Å². The molecule has 1 heterocycles. The molecule has 0 spiro atoms. The van der Waals surface area contributed by atoms with Crippen LogP contribution in [-0.2, 0) is 22.7 Å². The zero-order chi connectivity index (χ0) is 21.3. The Bertz CT molecular complexity index is 934. The van der Waals surface area contributed by atoms with Crippen molar-refractivity contribution in [2.75, 3.05) is 11.1 Å². The summed E-state index contributed by atoms with van der Waals surface area (Å²) in [5.74, 6) is -1.48. The Labute approximate surface area is 168 Å². The first-order valence-electron chi connectivity index (χ1n) is 10.4. The summed E-state index contributed by atoms with van der Waals surface area (Å²) >= 11 is 0. The third-order valence-electron chi connectivity index (χ3n) is 6.55. The van der Waals surface area contributed by atoms with E-state index in [1.54, 1.807) is 0 Å². The number of nitrogens with one attached hydrogen (secondary N) is 1. The van der Waals surface area contributed by atoms with Gasteiger partial charge in [0, 0.05) is 19.0 Å². The third-order valence-corrected chi connectivity index (χ3v) is 6.55. The SMILES string of the molecule is CCCn1c(N)c(NC(=O)C2CCC3(C(=O)O)CCC2C3)c(=O)n(CCC)c1=O. The lowest BCUT2D eigenvalue weighted by molar-refractivity contribution is -0.151. The number of nitrogens with two attached hydrogens (primary N) is 1. The minimum Gasteiger partial charge on any atom is -0.481 e. The number of amides is 1. The van der Waals surface area contributed by atoms with Gasteiger partial charge in [0.1, 0.15) is 11.5 Å². The van der Waals surface area contributed by atoms with Crippen molar-refractivity contribution in [3.05, 3.63) is 20.8 Å². The molecule has 2 fully saturated rings. The monoisotopic (exact) mass is 406 g/mol. The fraction of sp³-hybridized carbons (Fsp3) is 0.700. The summed E-state index contributed by atoms with van der Waals surface area (Å²) in [6, 6.07) is 0. The van der Waals surface area contributed by atoms with E-state index in [1.165, 1.54) is 4.57 Å². The lowest BCUT2D eigenvalue weighted by atomic mass is 9.71. The van der Waals surface area contributed by atoms with Gasteiger partial charge < -0.3 is 16.2 Å². The molecule has 160 valence electrons. The summed E-state index contributed by atoms with van der Waals surface area (Å²) in [7, 11) is 0. The van der Waals surface area contributed by atoms with Gasteiger partial charge in [0.05, 0.1) is 5.41 Å². The van der Waals surface area contributed by atoms with Crippen LogP contribution in [0, 0.1) is 17.3 Å². The smallest absolute Gasteiger partial charge is 0.332 e. The molecule has 1 aromatic rings. The number of aliphatic carboxylic acids is 1. The van der Waals surface area contributed by atoms with Crippen LogP contribution < -0.4 is 22.3 Å². The van der Waals surface area contributed by atoms with Crippen LogP contribution >= 0.6 is 0 Å². The third kappa shape index (κ3) is 3.58. The Morgan fingerprint density at radius 3 is 2.38 bits per heavy atom. The van der Waals surface area contributed by atoms with Crippen LogP contribution in [0.15, 0.2) is 9.59 Å². The average Bonchev–Trinajstić information content (AvgIpc) is 3.03. The van der Waals surface area contributed by atoms with Crippen molar-refractivity contribution in [2.24, 2.45) is 17.3 Å². The van der Waals surface area contributed by atoms with Gasteiger partial charge in [-0.05, 0) is 50.9 Å². The van der Waals surface area contributed by atoms with Crippen molar-refractivity contribution in [3.8, 4) is 0 Å². The highest BCUT2D eigenvalue weighted by Gasteiger charge is 2.52. The molecule has 9 nitrogen and oxygen atoms in total. The molecular weight excluding hydrogens is 376 g/mol. The number of anilines is 2. The predicted octanol–water partition coefficient (Wildman–Crippen LogP) is 1.63. The van der Waals surface area contributed by atoms with E-state index in [1.807, 2.05) is 13.8 Å². The van der Waals surface area contributed by atoms with Crippen molar-refractivity contribution in [1.82, 2.24) is 9.13 Å². The fourth-order valence-electron chi connectivity index (χ4n) is 4.96. The number of rotatable bonds is 7. The van der Waals surface area contributed by atoms with E-state index >= 15 is 0 Å². The van der Waals surface area contributed by atoms with E-state index in [9.17, 15) is 24.3 Å². The first-order chi connectivity index (χ1) is 13.8. The van der Waals surface area contributed by atoms with Gasteiger partial charge in [-0.2, -0.15) is 0 Å². The van der Waals surface area contributed by atoms with E-state index in [0.29, 0.717) is 51.5 Å². The van der Waals surface area contributed by atoms with Crippen LogP contribution in [0.3, 0.4) is 0 Å². The van der Waals surface area contributed by atoms with Crippen molar-refractivity contribution in [3.63, 3.8) is 0 Å². The molecule has 2 aliphatic carbocycles. The van der Waals surface area contributed by atoms with Gasteiger partial charge in [0.2, 0.25) is 5.91 Å². The molecule has 1 aromatic heterocycles. The minimum absolute atomic E-state index is 0.0134. The molecule has 0 radical (unpaired) electrons. The molecule has 3 atom stereocenters. The largest absolute Gasteiger partial charge is 0.481 e. The number of carboxylic acid groups (broad SMARTS) is 1. The highest BCUT2D eigenvalue weighted by atomic mass is 16.4. The van der Waals surface area contributed by atoms with Crippen molar-refractivity contribution >= 4 is 23.4 Å². The summed E-state index contributed by atoms with van der Waals surface area (Å²) in [6.45, 7) is 4.36. The lowest BCUT2D eigenvalue weighted by Crippen LogP contribution is -2.44. The summed E-state index contributed by atoms with van der Waals surface area (Å²) in [6.07, 6.45) is 3.96. The summed E-state index contributed by atoms with van der Waals surface area (Å²) < 4.78 is 2.45. The summed E-state index contributed by atoms with van der Waals surface area (Å²) in [5.41, 5.74) is 4.30. The van der Waals surface area contributed by atoms with Crippen LogP contribution in [0.4, 0.5) is 11.5 Å². The van der Waals surface area contributed by atoms with Gasteiger partial charge in [-0.1, -0.05) is 13.8 Å². The second-order valence-electron chi connectivity index (χ2n) is 8.37. The molecule has 1 amide bonds. The Morgan fingerprint density at radius 1 is 1.14 bits per heavy atom. The number of carbonyl (C=O) groups excluding carboxylic acids is 1. The molecule has 2 aliphatic rings. The van der Waals surface area contributed by atoms with Gasteiger partial charge in [-0.15, -0.1) is 0 Å². The molecule has 4 N–H and O–H groups in total. The number of nitrogens with zero attached hydrogens (tertiary/aromatic N) is 2. The zero-order valence-electron chi connectivity index (χ0n) is 17.1. The van der Waals surface area contributed by atoms with E-state index < -0.39 is 22.6 Å². The molecule has 29 heavy (non-hydrogen) atoms. The molecule has 9 heteroatoms. The average molecular weight is 406 g/mol. The molecular formula is C20H30N4O5. The summed E-state index contributed by atoms with van der Waals surface area (Å²) in [5, 5.41) is 12.2. The second kappa shape index (κ2) is 8.04. The van der Waals surface area contributed by atoms with Crippen molar-refractivity contribution in [2.45, 2.75) is 71.9 Å². The molecule has 2 saturated carbocycles. The van der Waals surface area contributed by atoms with E-state index in [2.05, 4.69) is 5.32 Å². The van der Waals surface area contributed by atoms with Gasteiger partial charge in [-0.3, -0.25) is 23.5 Å². The van der Waals surface area contributed by atoms with Crippen molar-refractivity contribution < 1.29 is 14.7 Å². The number of fused-ring (bicyclic) bond motifs is 2. The first kappa shape index (κ1) is 21.1. The van der Waals surface area contributed by atoms with Crippen LogP contribution in [0.25, 0.3) is 0 Å². The van der Waals surface area contributed by atoms with Gasteiger partial charge in [-0.25, -0.2) is 4.79 Å². The van der Waals surface area contributed by atoms with Gasteiger partial charge in [0.25, 0.3) is 5.56 Å². The molecule has 2 bridgehead atoms. The van der Waals surface area contributed by atoms with Crippen molar-refractivity contribution in [1.29, 1.82) is 0 Å². The van der Waals surface area contributed by atoms with Gasteiger partial charge in [0.15, 0.2) is 0 Å². The molecule has 0 aromatic carbocycles. The number of hydrogen-bond donors (Lipinski definition) is 3. The maximum Gasteiger partial charge on any atom is 0.332 e. The Hall–Kier alpha value is -2.58. The van der Waals surface area contributed by atoms with E-state index in [-0.39, 0.29) is 35.8 Å². The highest BCUT2D eigenvalue weighted by Crippen LogP contribution is 2.54.